The first kappa shape index (κ1) is 13.0. The van der Waals surface area contributed by atoms with Crippen molar-refractivity contribution in [3.8, 4) is 0 Å². The Bertz CT molecular complexity index is 149. The third-order valence-electron chi connectivity index (χ3n) is 3.64. The third kappa shape index (κ3) is 2.46. The van der Waals surface area contributed by atoms with E-state index in [4.69, 9.17) is 0 Å². The standard InChI is InChI=1S/C12H26O/c1-7-9-12(13,10(3)4)11(5,6)8-2/h10,13H,7-9H2,1-6H3/t12-/m1/s1. The zero-order valence-corrected chi connectivity index (χ0v) is 10.1. The highest BCUT2D eigenvalue weighted by Gasteiger charge is 2.43. The van der Waals surface area contributed by atoms with Crippen molar-refractivity contribution in [3.05, 3.63) is 0 Å². The lowest BCUT2D eigenvalue weighted by molar-refractivity contribution is -0.111. The van der Waals surface area contributed by atoms with Crippen molar-refractivity contribution >= 4 is 0 Å². The van der Waals surface area contributed by atoms with Crippen LogP contribution in [-0.4, -0.2) is 10.7 Å². The summed E-state index contributed by atoms with van der Waals surface area (Å²) in [6.45, 7) is 12.9. The molecule has 0 aromatic heterocycles. The number of hydrogen-bond donors (Lipinski definition) is 1. The van der Waals surface area contributed by atoms with E-state index in [1.807, 2.05) is 0 Å². The zero-order chi connectivity index (χ0) is 10.7. The molecule has 0 unspecified atom stereocenters. The van der Waals surface area contributed by atoms with Gasteiger partial charge in [0.25, 0.3) is 0 Å². The first-order valence-electron chi connectivity index (χ1n) is 5.54. The van der Waals surface area contributed by atoms with Gasteiger partial charge in [-0.2, -0.15) is 0 Å². The van der Waals surface area contributed by atoms with Crippen LogP contribution in [0.4, 0.5) is 0 Å². The quantitative estimate of drug-likeness (QED) is 0.695. The van der Waals surface area contributed by atoms with Gasteiger partial charge in [-0.25, -0.2) is 0 Å². The molecule has 0 aliphatic carbocycles. The second kappa shape index (κ2) is 4.45. The molecule has 0 heterocycles. The van der Waals surface area contributed by atoms with Crippen molar-refractivity contribution in [3.63, 3.8) is 0 Å². The van der Waals surface area contributed by atoms with Crippen LogP contribution in [0.3, 0.4) is 0 Å². The fourth-order valence-electron chi connectivity index (χ4n) is 2.10. The monoisotopic (exact) mass is 186 g/mol. The summed E-state index contributed by atoms with van der Waals surface area (Å²) < 4.78 is 0. The highest BCUT2D eigenvalue weighted by molar-refractivity contribution is 4.94. The SMILES string of the molecule is CCC[C@@](O)(C(C)C)C(C)(C)CC. The molecule has 1 heteroatoms. The van der Waals surface area contributed by atoms with Crippen LogP contribution in [0, 0.1) is 11.3 Å². The molecule has 13 heavy (non-hydrogen) atoms. The lowest BCUT2D eigenvalue weighted by Crippen LogP contribution is -2.48. The van der Waals surface area contributed by atoms with Gasteiger partial charge in [-0.3, -0.25) is 0 Å². The third-order valence-corrected chi connectivity index (χ3v) is 3.64. The second-order valence-corrected chi connectivity index (χ2v) is 5.07. The van der Waals surface area contributed by atoms with Crippen LogP contribution in [0.1, 0.15) is 60.8 Å². The molecule has 0 fully saturated rings. The van der Waals surface area contributed by atoms with Crippen molar-refractivity contribution in [2.24, 2.45) is 11.3 Å². The molecule has 1 nitrogen and oxygen atoms in total. The largest absolute Gasteiger partial charge is 0.389 e. The van der Waals surface area contributed by atoms with Crippen molar-refractivity contribution in [1.82, 2.24) is 0 Å². The molecule has 0 rings (SSSR count). The summed E-state index contributed by atoms with van der Waals surface area (Å²) in [5, 5.41) is 10.6. The summed E-state index contributed by atoms with van der Waals surface area (Å²) in [6, 6.07) is 0. The Morgan fingerprint density at radius 2 is 1.62 bits per heavy atom. The maximum atomic E-state index is 10.6. The molecule has 0 aromatic carbocycles. The van der Waals surface area contributed by atoms with Crippen LogP contribution in [0.5, 0.6) is 0 Å². The van der Waals surface area contributed by atoms with Crippen LogP contribution in [0.2, 0.25) is 0 Å². The van der Waals surface area contributed by atoms with Gasteiger partial charge in [-0.15, -0.1) is 0 Å². The van der Waals surface area contributed by atoms with Gasteiger partial charge in [0.15, 0.2) is 0 Å². The van der Waals surface area contributed by atoms with Crippen LogP contribution in [-0.2, 0) is 0 Å². The van der Waals surface area contributed by atoms with E-state index in [1.165, 1.54) is 0 Å². The van der Waals surface area contributed by atoms with Gasteiger partial charge in [0.1, 0.15) is 0 Å². The van der Waals surface area contributed by atoms with Crippen LogP contribution < -0.4 is 0 Å². The maximum Gasteiger partial charge on any atom is 0.0720 e. The van der Waals surface area contributed by atoms with Crippen molar-refractivity contribution in [2.75, 3.05) is 0 Å². The molecule has 0 bridgehead atoms. The van der Waals surface area contributed by atoms with E-state index in [2.05, 4.69) is 41.5 Å². The Hall–Kier alpha value is -0.0400. The smallest absolute Gasteiger partial charge is 0.0720 e. The topological polar surface area (TPSA) is 20.2 Å². The average molecular weight is 186 g/mol. The first-order chi connectivity index (χ1) is 5.81. The Morgan fingerprint density at radius 1 is 1.15 bits per heavy atom. The van der Waals surface area contributed by atoms with Gasteiger partial charge in [0.2, 0.25) is 0 Å². The first-order valence-corrected chi connectivity index (χ1v) is 5.54. The van der Waals surface area contributed by atoms with Gasteiger partial charge < -0.3 is 5.11 Å². The van der Waals surface area contributed by atoms with E-state index in [1.54, 1.807) is 0 Å². The fraction of sp³-hybridized carbons (Fsp3) is 1.00. The minimum Gasteiger partial charge on any atom is -0.389 e. The van der Waals surface area contributed by atoms with Gasteiger partial charge in [0, 0.05) is 0 Å². The Kier molecular flexibility index (Phi) is 4.44. The molecule has 1 atom stereocenters. The Morgan fingerprint density at radius 3 is 1.85 bits per heavy atom. The summed E-state index contributed by atoms with van der Waals surface area (Å²) in [6.07, 6.45) is 2.99. The minimum absolute atomic E-state index is 0.0250. The maximum absolute atomic E-state index is 10.6. The lowest BCUT2D eigenvalue weighted by Gasteiger charge is -2.45. The normalized spacial score (nSPS) is 17.5. The molecule has 1 N–H and O–H groups in total. The van der Waals surface area contributed by atoms with Gasteiger partial charge in [-0.05, 0) is 24.2 Å². The van der Waals surface area contributed by atoms with Crippen molar-refractivity contribution in [2.45, 2.75) is 66.4 Å². The van der Waals surface area contributed by atoms with E-state index in [9.17, 15) is 5.11 Å². The van der Waals surface area contributed by atoms with E-state index in [-0.39, 0.29) is 5.41 Å². The van der Waals surface area contributed by atoms with Gasteiger partial charge >= 0.3 is 0 Å². The number of aliphatic hydroxyl groups is 1. The molecule has 80 valence electrons. The van der Waals surface area contributed by atoms with Gasteiger partial charge in [0.05, 0.1) is 5.60 Å². The molecule has 0 saturated heterocycles. The van der Waals surface area contributed by atoms with Crippen LogP contribution in [0.15, 0.2) is 0 Å². The molecule has 0 aromatic rings. The highest BCUT2D eigenvalue weighted by Crippen LogP contribution is 2.42. The van der Waals surface area contributed by atoms with Gasteiger partial charge in [-0.1, -0.05) is 48.0 Å². The van der Waals surface area contributed by atoms with E-state index in [0.717, 1.165) is 19.3 Å². The molecular formula is C12H26O. The van der Waals surface area contributed by atoms with E-state index >= 15 is 0 Å². The molecule has 0 amide bonds. The predicted molar refractivity (Wildman–Crippen MR) is 58.8 cm³/mol. The summed E-state index contributed by atoms with van der Waals surface area (Å²) in [5.74, 6) is 0.336. The Balaban J connectivity index is 4.77. The molecule has 0 radical (unpaired) electrons. The lowest BCUT2D eigenvalue weighted by atomic mass is 9.65. The number of hydrogen-bond acceptors (Lipinski definition) is 1. The van der Waals surface area contributed by atoms with E-state index < -0.39 is 5.60 Å². The summed E-state index contributed by atoms with van der Waals surface area (Å²) in [7, 11) is 0. The van der Waals surface area contributed by atoms with Crippen molar-refractivity contribution in [1.29, 1.82) is 0 Å². The molecular weight excluding hydrogens is 160 g/mol. The predicted octanol–water partition coefficient (Wildman–Crippen LogP) is 3.61. The molecule has 0 aliphatic heterocycles. The summed E-state index contributed by atoms with van der Waals surface area (Å²) in [5.41, 5.74) is -0.478. The van der Waals surface area contributed by atoms with Crippen molar-refractivity contribution < 1.29 is 5.11 Å². The number of rotatable bonds is 5. The fourth-order valence-corrected chi connectivity index (χ4v) is 2.10. The second-order valence-electron chi connectivity index (χ2n) is 5.07. The van der Waals surface area contributed by atoms with Crippen LogP contribution >= 0.6 is 0 Å². The van der Waals surface area contributed by atoms with E-state index in [0.29, 0.717) is 5.92 Å². The minimum atomic E-state index is -0.503. The average Bonchev–Trinajstić information content (AvgIpc) is 2.04. The molecule has 0 spiro atoms. The van der Waals surface area contributed by atoms with Crippen LogP contribution in [0.25, 0.3) is 0 Å². The summed E-state index contributed by atoms with van der Waals surface area (Å²) in [4.78, 5) is 0. The highest BCUT2D eigenvalue weighted by atomic mass is 16.3. The molecule has 0 aliphatic rings. The summed E-state index contributed by atoms with van der Waals surface area (Å²) >= 11 is 0. The molecule has 0 saturated carbocycles. The zero-order valence-electron chi connectivity index (χ0n) is 10.1. The Labute approximate surface area is 83.5 Å².